The minimum Gasteiger partial charge on any atom is -0.448 e. The Morgan fingerprint density at radius 3 is 3.21 bits per heavy atom. The maximum atomic E-state index is 11.3. The summed E-state index contributed by atoms with van der Waals surface area (Å²) in [4.78, 5) is 17.4. The van der Waals surface area contributed by atoms with Crippen LogP contribution in [0.2, 0.25) is 0 Å². The molecule has 1 saturated heterocycles. The van der Waals surface area contributed by atoms with E-state index in [2.05, 4.69) is 9.38 Å². The molecule has 2 aromatic rings. The molecule has 1 aliphatic heterocycles. The molecule has 3 rings (SSSR count). The van der Waals surface area contributed by atoms with E-state index in [1.165, 1.54) is 0 Å². The van der Waals surface area contributed by atoms with Crippen LogP contribution in [0.25, 0.3) is 5.52 Å². The number of hydrogen-bond acceptors (Lipinski definition) is 4. The third-order valence-electron chi connectivity index (χ3n) is 3.05. The molecular formula is C13H15N3O2S. The number of thioether (sulfide) groups is 1. The van der Waals surface area contributed by atoms with Crippen LogP contribution in [0.15, 0.2) is 35.7 Å². The summed E-state index contributed by atoms with van der Waals surface area (Å²) in [5.41, 5.74) is 1.10. The van der Waals surface area contributed by atoms with E-state index >= 15 is 0 Å². The quantitative estimate of drug-likeness (QED) is 0.621. The summed E-state index contributed by atoms with van der Waals surface area (Å²) < 4.78 is 6.97. The van der Waals surface area contributed by atoms with Gasteiger partial charge in [-0.05, 0) is 18.6 Å². The predicted molar refractivity (Wildman–Crippen MR) is 73.5 cm³/mol. The summed E-state index contributed by atoms with van der Waals surface area (Å²) in [6, 6.07) is 6.04. The van der Waals surface area contributed by atoms with Crippen molar-refractivity contribution in [2.24, 2.45) is 0 Å². The minimum atomic E-state index is -0.184. The van der Waals surface area contributed by atoms with E-state index in [1.54, 1.807) is 16.7 Å². The fourth-order valence-corrected chi connectivity index (χ4v) is 2.96. The van der Waals surface area contributed by atoms with Gasteiger partial charge >= 0.3 is 6.09 Å². The maximum absolute atomic E-state index is 11.3. The molecule has 1 fully saturated rings. The molecule has 6 heteroatoms. The fourth-order valence-electron chi connectivity index (χ4n) is 2.07. The average molecular weight is 277 g/mol. The smallest absolute Gasteiger partial charge is 0.409 e. The van der Waals surface area contributed by atoms with Gasteiger partial charge in [0.05, 0.1) is 18.3 Å². The van der Waals surface area contributed by atoms with Crippen LogP contribution in [0.5, 0.6) is 0 Å². The second-order valence-corrected chi connectivity index (χ2v) is 5.40. The van der Waals surface area contributed by atoms with Gasteiger partial charge in [0, 0.05) is 18.5 Å². The van der Waals surface area contributed by atoms with Crippen LogP contribution in [-0.2, 0) is 4.74 Å². The number of hydrogen-bond donors (Lipinski definition) is 0. The molecule has 0 unspecified atom stereocenters. The van der Waals surface area contributed by atoms with Crippen molar-refractivity contribution in [1.82, 2.24) is 14.3 Å². The summed E-state index contributed by atoms with van der Waals surface area (Å²) in [5, 5.41) is 1.000. The van der Waals surface area contributed by atoms with Gasteiger partial charge in [-0.1, -0.05) is 17.8 Å². The number of rotatable bonds is 5. The summed E-state index contributed by atoms with van der Waals surface area (Å²) >= 11 is 1.71. The zero-order valence-electron chi connectivity index (χ0n) is 10.5. The number of amides is 1. The van der Waals surface area contributed by atoms with Crippen molar-refractivity contribution in [2.75, 3.05) is 25.4 Å². The number of pyridine rings is 1. The van der Waals surface area contributed by atoms with Crippen LogP contribution in [0, 0.1) is 0 Å². The molecule has 0 saturated carbocycles. The van der Waals surface area contributed by atoms with E-state index in [0.29, 0.717) is 6.61 Å². The van der Waals surface area contributed by atoms with E-state index in [1.807, 2.05) is 30.6 Å². The third kappa shape index (κ3) is 2.68. The van der Waals surface area contributed by atoms with Crippen molar-refractivity contribution in [3.8, 4) is 0 Å². The van der Waals surface area contributed by atoms with Crippen molar-refractivity contribution in [2.45, 2.75) is 11.6 Å². The Hall–Kier alpha value is -1.69. The maximum Gasteiger partial charge on any atom is 0.409 e. The Bertz CT molecular complexity index is 584. The highest BCUT2D eigenvalue weighted by atomic mass is 32.2. The molecule has 1 aliphatic rings. The topological polar surface area (TPSA) is 46.8 Å². The van der Waals surface area contributed by atoms with Gasteiger partial charge in [0.1, 0.15) is 6.61 Å². The van der Waals surface area contributed by atoms with E-state index in [0.717, 1.165) is 35.9 Å². The molecule has 0 bridgehead atoms. The van der Waals surface area contributed by atoms with Gasteiger partial charge in [0.25, 0.3) is 0 Å². The SMILES string of the molecule is O=C1OCCN1CCCSc1ncc2ccccn12. The number of fused-ring (bicyclic) bond motifs is 1. The molecule has 1 amide bonds. The molecule has 0 aliphatic carbocycles. The Kier molecular flexibility index (Phi) is 3.59. The number of carbonyl (C=O) groups is 1. The molecule has 0 spiro atoms. The molecule has 0 atom stereocenters. The Labute approximate surface area is 115 Å². The first-order valence-electron chi connectivity index (χ1n) is 6.31. The van der Waals surface area contributed by atoms with Gasteiger partial charge in [-0.2, -0.15) is 0 Å². The largest absolute Gasteiger partial charge is 0.448 e. The van der Waals surface area contributed by atoms with Crippen LogP contribution in [0.1, 0.15) is 6.42 Å². The first-order chi connectivity index (χ1) is 9.34. The lowest BCUT2D eigenvalue weighted by Gasteiger charge is -2.11. The highest BCUT2D eigenvalue weighted by Crippen LogP contribution is 2.19. The van der Waals surface area contributed by atoms with Gasteiger partial charge in [-0.15, -0.1) is 0 Å². The summed E-state index contributed by atoms with van der Waals surface area (Å²) in [6.45, 7) is 2.00. The van der Waals surface area contributed by atoms with Gasteiger partial charge in [-0.25, -0.2) is 9.78 Å². The van der Waals surface area contributed by atoms with Crippen molar-refractivity contribution >= 4 is 23.4 Å². The molecule has 2 aromatic heterocycles. The number of aromatic nitrogens is 2. The van der Waals surface area contributed by atoms with Crippen LogP contribution < -0.4 is 0 Å². The number of imidazole rings is 1. The second kappa shape index (κ2) is 5.52. The average Bonchev–Trinajstić information content (AvgIpc) is 3.02. The van der Waals surface area contributed by atoms with Gasteiger partial charge in [0.15, 0.2) is 5.16 Å². The highest BCUT2D eigenvalue weighted by Gasteiger charge is 2.20. The van der Waals surface area contributed by atoms with Crippen molar-refractivity contribution < 1.29 is 9.53 Å². The third-order valence-corrected chi connectivity index (χ3v) is 4.11. The summed E-state index contributed by atoms with van der Waals surface area (Å²) in [7, 11) is 0. The number of nitrogens with zero attached hydrogens (tertiary/aromatic N) is 3. The lowest BCUT2D eigenvalue weighted by molar-refractivity contribution is 0.158. The number of cyclic esters (lactones) is 1. The molecule has 100 valence electrons. The van der Waals surface area contributed by atoms with E-state index in [9.17, 15) is 4.79 Å². The van der Waals surface area contributed by atoms with E-state index in [-0.39, 0.29) is 6.09 Å². The van der Waals surface area contributed by atoms with Crippen molar-refractivity contribution in [3.05, 3.63) is 30.6 Å². The minimum absolute atomic E-state index is 0.184. The van der Waals surface area contributed by atoms with Crippen LogP contribution >= 0.6 is 11.8 Å². The fraction of sp³-hybridized carbons (Fsp3) is 0.385. The Morgan fingerprint density at radius 2 is 2.37 bits per heavy atom. The number of carbonyl (C=O) groups excluding carboxylic acids is 1. The Balaban J connectivity index is 1.51. The Morgan fingerprint density at radius 1 is 1.42 bits per heavy atom. The molecule has 0 aromatic carbocycles. The summed E-state index contributed by atoms with van der Waals surface area (Å²) in [6.07, 6.45) is 4.65. The van der Waals surface area contributed by atoms with Gasteiger partial charge in [-0.3, -0.25) is 4.40 Å². The first-order valence-corrected chi connectivity index (χ1v) is 7.30. The highest BCUT2D eigenvalue weighted by molar-refractivity contribution is 7.99. The summed E-state index contributed by atoms with van der Waals surface area (Å²) in [5.74, 6) is 0.942. The second-order valence-electron chi connectivity index (χ2n) is 4.34. The van der Waals surface area contributed by atoms with Gasteiger partial charge < -0.3 is 9.64 Å². The zero-order chi connectivity index (χ0) is 13.1. The molecular weight excluding hydrogens is 262 g/mol. The molecule has 0 N–H and O–H groups in total. The predicted octanol–water partition coefficient (Wildman–Crippen LogP) is 2.27. The van der Waals surface area contributed by atoms with Crippen molar-refractivity contribution in [1.29, 1.82) is 0 Å². The monoisotopic (exact) mass is 277 g/mol. The lowest BCUT2D eigenvalue weighted by atomic mass is 10.4. The van der Waals surface area contributed by atoms with Gasteiger partial charge in [0.2, 0.25) is 0 Å². The van der Waals surface area contributed by atoms with E-state index < -0.39 is 0 Å². The first kappa shape index (κ1) is 12.3. The standard InChI is InChI=1S/C13H15N3O2S/c17-13-15(7-8-18-13)5-3-9-19-12-14-10-11-4-1-2-6-16(11)12/h1-2,4,6,10H,3,5,7-9H2. The molecule has 19 heavy (non-hydrogen) atoms. The number of ether oxygens (including phenoxy) is 1. The van der Waals surface area contributed by atoms with Crippen LogP contribution in [0.4, 0.5) is 4.79 Å². The zero-order valence-corrected chi connectivity index (χ0v) is 11.3. The molecule has 5 nitrogen and oxygen atoms in total. The molecule has 3 heterocycles. The van der Waals surface area contributed by atoms with Crippen molar-refractivity contribution in [3.63, 3.8) is 0 Å². The normalized spacial score (nSPS) is 15.2. The lowest BCUT2D eigenvalue weighted by Crippen LogP contribution is -2.25. The van der Waals surface area contributed by atoms with Crippen LogP contribution in [-0.4, -0.2) is 45.8 Å². The van der Waals surface area contributed by atoms with Crippen LogP contribution in [0.3, 0.4) is 0 Å². The molecule has 0 radical (unpaired) electrons. The van der Waals surface area contributed by atoms with E-state index in [4.69, 9.17) is 4.74 Å².